The van der Waals surface area contributed by atoms with Crippen LogP contribution in [0.3, 0.4) is 0 Å². The minimum atomic E-state index is -1.13. The quantitative estimate of drug-likeness (QED) is 0.742. The zero-order chi connectivity index (χ0) is 13.8. The van der Waals surface area contributed by atoms with Crippen molar-refractivity contribution in [2.45, 2.75) is 38.8 Å². The van der Waals surface area contributed by atoms with Crippen molar-refractivity contribution in [3.05, 3.63) is 18.2 Å². The van der Waals surface area contributed by atoms with Gasteiger partial charge in [-0.3, -0.25) is 0 Å². The van der Waals surface area contributed by atoms with Gasteiger partial charge in [-0.25, -0.2) is 14.6 Å². The van der Waals surface area contributed by atoms with Crippen LogP contribution in [0.1, 0.15) is 26.5 Å². The van der Waals surface area contributed by atoms with E-state index in [2.05, 4.69) is 15.3 Å². The largest absolute Gasteiger partial charge is 0.480 e. The van der Waals surface area contributed by atoms with Crippen LogP contribution in [0.4, 0.5) is 4.79 Å². The van der Waals surface area contributed by atoms with Crippen molar-refractivity contribution in [3.63, 3.8) is 0 Å². The number of nitrogens with one attached hydrogen (secondary N) is 2. The summed E-state index contributed by atoms with van der Waals surface area (Å²) in [5.41, 5.74) is -0.0420. The molecule has 3 N–H and O–H groups in total. The first-order valence-corrected chi connectivity index (χ1v) is 5.47. The highest BCUT2D eigenvalue weighted by Crippen LogP contribution is 2.07. The number of carbonyl (C=O) groups is 2. The highest BCUT2D eigenvalue weighted by atomic mass is 16.6. The van der Waals surface area contributed by atoms with E-state index in [0.29, 0.717) is 5.69 Å². The molecule has 1 aromatic rings. The number of aliphatic carboxylic acids is 1. The van der Waals surface area contributed by atoms with E-state index < -0.39 is 23.7 Å². The number of imidazole rings is 1. The summed E-state index contributed by atoms with van der Waals surface area (Å²) in [6.07, 6.45) is 2.32. The van der Waals surface area contributed by atoms with E-state index in [4.69, 9.17) is 9.84 Å². The number of H-pyrrole nitrogens is 1. The first kappa shape index (κ1) is 14.0. The number of carboxylic acids is 1. The second-order valence-electron chi connectivity index (χ2n) is 4.82. The molecule has 1 rings (SSSR count). The van der Waals surface area contributed by atoms with Gasteiger partial charge < -0.3 is 20.1 Å². The number of alkyl carbamates (subject to hydrolysis) is 1. The number of nitrogens with zero attached hydrogens (tertiary/aromatic N) is 1. The van der Waals surface area contributed by atoms with Crippen LogP contribution in [0.25, 0.3) is 0 Å². The minimum Gasteiger partial charge on any atom is -0.480 e. The fourth-order valence-corrected chi connectivity index (χ4v) is 1.27. The highest BCUT2D eigenvalue weighted by Gasteiger charge is 2.24. The standard InChI is InChI=1S/C11H17N3O4/c1-11(2,3)18-10(17)14-8(9(15)16)4-7-5-12-6-13-7/h5-6,8H,4H2,1-3H3,(H,12,13)(H,14,17)(H,15,16). The number of rotatable bonds is 4. The van der Waals surface area contributed by atoms with Crippen LogP contribution >= 0.6 is 0 Å². The van der Waals surface area contributed by atoms with Crippen LogP contribution in [-0.4, -0.2) is 38.8 Å². The van der Waals surface area contributed by atoms with E-state index in [9.17, 15) is 9.59 Å². The van der Waals surface area contributed by atoms with Crippen LogP contribution in [0.15, 0.2) is 12.5 Å². The monoisotopic (exact) mass is 255 g/mol. The third-order valence-electron chi connectivity index (χ3n) is 1.97. The number of hydrogen-bond acceptors (Lipinski definition) is 4. The molecule has 0 aliphatic carbocycles. The lowest BCUT2D eigenvalue weighted by Crippen LogP contribution is -2.44. The van der Waals surface area contributed by atoms with Crippen LogP contribution in [0.2, 0.25) is 0 Å². The SMILES string of the molecule is CC(C)(C)OC(=O)NC(Cc1cnc[nH]1)C(=O)O. The van der Waals surface area contributed by atoms with Gasteiger partial charge in [0.1, 0.15) is 11.6 Å². The molecule has 0 aliphatic heterocycles. The molecule has 1 unspecified atom stereocenters. The molecule has 7 heteroatoms. The Morgan fingerprint density at radius 1 is 1.56 bits per heavy atom. The Labute approximate surface area is 105 Å². The normalized spacial score (nSPS) is 12.8. The molecule has 0 fully saturated rings. The Morgan fingerprint density at radius 2 is 2.22 bits per heavy atom. The van der Waals surface area contributed by atoms with Crippen molar-refractivity contribution in [2.24, 2.45) is 0 Å². The number of hydrogen-bond donors (Lipinski definition) is 3. The molecule has 0 aliphatic rings. The van der Waals surface area contributed by atoms with Gasteiger partial charge in [0.05, 0.1) is 6.33 Å². The van der Waals surface area contributed by atoms with E-state index in [-0.39, 0.29) is 6.42 Å². The Bertz CT molecular complexity index is 408. The molecular formula is C11H17N3O4. The van der Waals surface area contributed by atoms with Crippen molar-refractivity contribution >= 4 is 12.1 Å². The summed E-state index contributed by atoms with van der Waals surface area (Å²) < 4.78 is 5.00. The smallest absolute Gasteiger partial charge is 0.408 e. The molecule has 0 bridgehead atoms. The predicted octanol–water partition coefficient (Wildman–Crippen LogP) is 0.930. The molecule has 0 radical (unpaired) electrons. The van der Waals surface area contributed by atoms with E-state index in [0.717, 1.165) is 0 Å². The van der Waals surface area contributed by atoms with Gasteiger partial charge in [0, 0.05) is 18.3 Å². The van der Waals surface area contributed by atoms with Crippen LogP contribution in [0.5, 0.6) is 0 Å². The number of ether oxygens (including phenoxy) is 1. The second-order valence-corrected chi connectivity index (χ2v) is 4.82. The van der Waals surface area contributed by atoms with Crippen molar-refractivity contribution < 1.29 is 19.4 Å². The molecule has 100 valence electrons. The van der Waals surface area contributed by atoms with Gasteiger partial charge in [-0.15, -0.1) is 0 Å². The molecule has 0 saturated heterocycles. The van der Waals surface area contributed by atoms with Gasteiger partial charge in [0.25, 0.3) is 0 Å². The first-order valence-electron chi connectivity index (χ1n) is 5.47. The third-order valence-corrected chi connectivity index (χ3v) is 1.97. The summed E-state index contributed by atoms with van der Waals surface area (Å²) in [4.78, 5) is 29.1. The molecule has 18 heavy (non-hydrogen) atoms. The Balaban J connectivity index is 2.58. The summed E-state index contributed by atoms with van der Waals surface area (Å²) in [5.74, 6) is -1.13. The molecule has 1 aromatic heterocycles. The van der Waals surface area contributed by atoms with Crippen LogP contribution in [-0.2, 0) is 16.0 Å². The van der Waals surface area contributed by atoms with Crippen LogP contribution in [0, 0.1) is 0 Å². The number of aromatic amines is 1. The van der Waals surface area contributed by atoms with Gasteiger partial charge in [-0.05, 0) is 20.8 Å². The molecule has 7 nitrogen and oxygen atoms in total. The Kier molecular flexibility index (Phi) is 4.30. The average molecular weight is 255 g/mol. The summed E-state index contributed by atoms with van der Waals surface area (Å²) in [6.45, 7) is 5.12. The maximum Gasteiger partial charge on any atom is 0.408 e. The van der Waals surface area contributed by atoms with Gasteiger partial charge >= 0.3 is 12.1 Å². The number of carboxylic acid groups (broad SMARTS) is 1. The first-order chi connectivity index (χ1) is 8.28. The topological polar surface area (TPSA) is 104 Å². The van der Waals surface area contributed by atoms with Crippen LogP contribution < -0.4 is 5.32 Å². The number of aromatic nitrogens is 2. The van der Waals surface area contributed by atoms with Crippen molar-refractivity contribution in [1.82, 2.24) is 15.3 Å². The summed E-state index contributed by atoms with van der Waals surface area (Å²) >= 11 is 0. The predicted molar refractivity (Wildman–Crippen MR) is 63.1 cm³/mol. The summed E-state index contributed by atoms with van der Waals surface area (Å²) in [6, 6.07) is -1.06. The molecule has 0 spiro atoms. The van der Waals surface area contributed by atoms with E-state index in [1.165, 1.54) is 12.5 Å². The Morgan fingerprint density at radius 3 is 2.67 bits per heavy atom. The Hall–Kier alpha value is -2.05. The molecule has 1 amide bonds. The highest BCUT2D eigenvalue weighted by molar-refractivity contribution is 5.80. The summed E-state index contributed by atoms with van der Waals surface area (Å²) in [7, 11) is 0. The lowest BCUT2D eigenvalue weighted by atomic mass is 10.1. The molecule has 1 atom stereocenters. The molecule has 1 heterocycles. The number of amides is 1. The lowest BCUT2D eigenvalue weighted by molar-refractivity contribution is -0.139. The van der Waals surface area contributed by atoms with Gasteiger partial charge in [0.15, 0.2) is 0 Å². The maximum absolute atomic E-state index is 11.5. The maximum atomic E-state index is 11.5. The number of carbonyl (C=O) groups excluding carboxylic acids is 1. The molecular weight excluding hydrogens is 238 g/mol. The molecule has 0 saturated carbocycles. The van der Waals surface area contributed by atoms with Gasteiger partial charge in [-0.2, -0.15) is 0 Å². The zero-order valence-electron chi connectivity index (χ0n) is 10.6. The van der Waals surface area contributed by atoms with Crippen molar-refractivity contribution in [1.29, 1.82) is 0 Å². The second kappa shape index (κ2) is 5.52. The average Bonchev–Trinajstić information content (AvgIpc) is 2.66. The van der Waals surface area contributed by atoms with E-state index in [1.54, 1.807) is 20.8 Å². The zero-order valence-corrected chi connectivity index (χ0v) is 10.6. The van der Waals surface area contributed by atoms with Gasteiger partial charge in [-0.1, -0.05) is 0 Å². The summed E-state index contributed by atoms with van der Waals surface area (Å²) in [5, 5.41) is 11.3. The van der Waals surface area contributed by atoms with Crippen molar-refractivity contribution in [2.75, 3.05) is 0 Å². The minimum absolute atomic E-state index is 0.120. The molecule has 0 aromatic carbocycles. The fraction of sp³-hybridized carbons (Fsp3) is 0.545. The van der Waals surface area contributed by atoms with Gasteiger partial charge in [0.2, 0.25) is 0 Å². The lowest BCUT2D eigenvalue weighted by Gasteiger charge is -2.21. The van der Waals surface area contributed by atoms with E-state index >= 15 is 0 Å². The van der Waals surface area contributed by atoms with E-state index in [1.807, 2.05) is 0 Å². The third kappa shape index (κ3) is 4.86. The van der Waals surface area contributed by atoms with Crippen molar-refractivity contribution in [3.8, 4) is 0 Å². The fourth-order valence-electron chi connectivity index (χ4n) is 1.27.